The average Bonchev–Trinajstić information content (AvgIpc) is 3.13. The van der Waals surface area contributed by atoms with Gasteiger partial charge in [-0.05, 0) is 66.9 Å². The highest BCUT2D eigenvalue weighted by Crippen LogP contribution is 2.36. The molecule has 1 aliphatic rings. The Morgan fingerprint density at radius 1 is 1.03 bits per heavy atom. The van der Waals surface area contributed by atoms with Gasteiger partial charge in [-0.25, -0.2) is 4.79 Å². The highest BCUT2D eigenvalue weighted by atomic mass is 79.9. The van der Waals surface area contributed by atoms with Gasteiger partial charge in [0.1, 0.15) is 12.3 Å². The first-order valence-electron chi connectivity index (χ1n) is 11.8. The van der Waals surface area contributed by atoms with Gasteiger partial charge < -0.3 is 14.8 Å². The molecular formula is C29H25BrCl2N2O4. The van der Waals surface area contributed by atoms with E-state index < -0.39 is 11.9 Å². The van der Waals surface area contributed by atoms with E-state index in [1.807, 2.05) is 43.3 Å². The molecule has 38 heavy (non-hydrogen) atoms. The van der Waals surface area contributed by atoms with Crippen LogP contribution >= 0.6 is 39.1 Å². The van der Waals surface area contributed by atoms with Crippen molar-refractivity contribution in [3.05, 3.63) is 110 Å². The number of hydrogen-bond acceptors (Lipinski definition) is 4. The Balaban J connectivity index is 1.61. The summed E-state index contributed by atoms with van der Waals surface area (Å²) in [5.74, 6) is 0.657. The van der Waals surface area contributed by atoms with E-state index in [2.05, 4.69) is 27.8 Å². The average molecular weight is 616 g/mol. The summed E-state index contributed by atoms with van der Waals surface area (Å²) >= 11 is 15.7. The van der Waals surface area contributed by atoms with E-state index in [-0.39, 0.29) is 18.8 Å². The molecule has 1 saturated heterocycles. The lowest BCUT2D eigenvalue weighted by Crippen LogP contribution is -2.30. The second kappa shape index (κ2) is 12.5. The molecule has 4 rings (SSSR count). The van der Waals surface area contributed by atoms with Crippen LogP contribution in [-0.2, 0) is 24.4 Å². The molecule has 6 nitrogen and oxygen atoms in total. The smallest absolute Gasteiger partial charge is 0.329 e. The van der Waals surface area contributed by atoms with Crippen molar-refractivity contribution in [2.45, 2.75) is 26.5 Å². The van der Waals surface area contributed by atoms with E-state index in [0.29, 0.717) is 40.1 Å². The number of rotatable bonds is 10. The fourth-order valence-electron chi connectivity index (χ4n) is 3.94. The number of halogens is 3. The largest absolute Gasteiger partial charge is 0.490 e. The second-order valence-corrected chi connectivity index (χ2v) is 10.2. The molecule has 3 aromatic carbocycles. The summed E-state index contributed by atoms with van der Waals surface area (Å²) in [6, 6.07) is 15.9. The summed E-state index contributed by atoms with van der Waals surface area (Å²) in [5, 5.41) is 3.73. The molecule has 9 heteroatoms. The molecule has 0 spiro atoms. The van der Waals surface area contributed by atoms with Gasteiger partial charge in [-0.2, -0.15) is 0 Å². The van der Waals surface area contributed by atoms with Crippen LogP contribution in [0, 0.1) is 0 Å². The number of hydrogen-bond donors (Lipinski definition) is 1. The van der Waals surface area contributed by atoms with Gasteiger partial charge in [0, 0.05) is 25.6 Å². The maximum absolute atomic E-state index is 13.1. The molecule has 3 amide bonds. The molecule has 0 aromatic heterocycles. The van der Waals surface area contributed by atoms with Crippen LogP contribution in [0.25, 0.3) is 6.08 Å². The molecule has 0 saturated carbocycles. The van der Waals surface area contributed by atoms with E-state index in [1.165, 1.54) is 4.90 Å². The zero-order valence-corrected chi connectivity index (χ0v) is 23.7. The van der Waals surface area contributed by atoms with Crippen LogP contribution in [0.2, 0.25) is 10.0 Å². The van der Waals surface area contributed by atoms with Crippen LogP contribution in [0.4, 0.5) is 4.79 Å². The Hall–Kier alpha value is -3.26. The van der Waals surface area contributed by atoms with Gasteiger partial charge in [-0.1, -0.05) is 63.4 Å². The Morgan fingerprint density at radius 2 is 1.79 bits per heavy atom. The number of carbonyl (C=O) groups excluding carboxylic acids is 2. The van der Waals surface area contributed by atoms with Gasteiger partial charge in [0.05, 0.1) is 13.2 Å². The summed E-state index contributed by atoms with van der Waals surface area (Å²) in [5.41, 5.74) is 3.29. The molecule has 0 unspecified atom stereocenters. The number of benzene rings is 3. The Labute approximate surface area is 240 Å². The number of urea groups is 1. The maximum atomic E-state index is 13.1. The van der Waals surface area contributed by atoms with Gasteiger partial charge in [0.15, 0.2) is 11.5 Å². The molecule has 0 radical (unpaired) electrons. The third-order valence-corrected chi connectivity index (χ3v) is 6.85. The molecule has 0 atom stereocenters. The third-order valence-electron chi connectivity index (χ3n) is 5.73. The van der Waals surface area contributed by atoms with Gasteiger partial charge in [0.25, 0.3) is 5.91 Å². The summed E-state index contributed by atoms with van der Waals surface area (Å²) in [6.07, 6.45) is 3.89. The normalized spacial score (nSPS) is 14.1. The molecule has 0 bridgehead atoms. The first-order valence-corrected chi connectivity index (χ1v) is 13.4. The zero-order chi connectivity index (χ0) is 27.2. The number of nitrogens with zero attached hydrogens (tertiary/aromatic N) is 1. The van der Waals surface area contributed by atoms with Crippen molar-refractivity contribution in [3.63, 3.8) is 0 Å². The SMILES string of the molecule is C=CCc1cc(/C=C2/NC(=O)N(Cc3ccc(Br)cc3)C2=O)cc(OCC)c1OCc1ccc(Cl)cc1Cl. The first kappa shape index (κ1) is 27.8. The van der Waals surface area contributed by atoms with Crippen LogP contribution in [0.3, 0.4) is 0 Å². The predicted octanol–water partition coefficient (Wildman–Crippen LogP) is 7.56. The van der Waals surface area contributed by atoms with Crippen molar-refractivity contribution >= 4 is 57.1 Å². The van der Waals surface area contributed by atoms with Crippen molar-refractivity contribution in [1.82, 2.24) is 10.2 Å². The number of ether oxygens (including phenoxy) is 2. The lowest BCUT2D eigenvalue weighted by atomic mass is 10.0. The highest BCUT2D eigenvalue weighted by Gasteiger charge is 2.33. The number of carbonyl (C=O) groups is 2. The van der Waals surface area contributed by atoms with Crippen molar-refractivity contribution in [1.29, 1.82) is 0 Å². The van der Waals surface area contributed by atoms with Crippen LogP contribution in [0.5, 0.6) is 11.5 Å². The van der Waals surface area contributed by atoms with Crippen molar-refractivity contribution < 1.29 is 19.1 Å². The Morgan fingerprint density at radius 3 is 2.47 bits per heavy atom. The lowest BCUT2D eigenvalue weighted by Gasteiger charge is -2.17. The molecule has 1 heterocycles. The number of imide groups is 1. The van der Waals surface area contributed by atoms with Crippen LogP contribution in [0.1, 0.15) is 29.2 Å². The van der Waals surface area contributed by atoms with Crippen LogP contribution < -0.4 is 14.8 Å². The summed E-state index contributed by atoms with van der Waals surface area (Å²) in [7, 11) is 0. The number of nitrogens with one attached hydrogen (secondary N) is 1. The topological polar surface area (TPSA) is 67.9 Å². The Kier molecular flexibility index (Phi) is 9.15. The minimum absolute atomic E-state index is 0.168. The fourth-order valence-corrected chi connectivity index (χ4v) is 4.67. The number of allylic oxidation sites excluding steroid dienone is 1. The lowest BCUT2D eigenvalue weighted by molar-refractivity contribution is -0.123. The summed E-state index contributed by atoms with van der Waals surface area (Å²) in [6.45, 7) is 6.51. The predicted molar refractivity (Wildman–Crippen MR) is 154 cm³/mol. The van der Waals surface area contributed by atoms with Gasteiger partial charge in [-0.15, -0.1) is 6.58 Å². The molecule has 1 aliphatic heterocycles. The summed E-state index contributed by atoms with van der Waals surface area (Å²) in [4.78, 5) is 26.8. The molecule has 0 aliphatic carbocycles. The number of amides is 3. The maximum Gasteiger partial charge on any atom is 0.329 e. The molecule has 1 N–H and O–H groups in total. The second-order valence-electron chi connectivity index (χ2n) is 8.46. The fraction of sp³-hybridized carbons (Fsp3) is 0.172. The summed E-state index contributed by atoms with van der Waals surface area (Å²) < 4.78 is 13.0. The van der Waals surface area contributed by atoms with E-state index >= 15 is 0 Å². The first-order chi connectivity index (χ1) is 18.3. The van der Waals surface area contributed by atoms with Gasteiger partial charge >= 0.3 is 6.03 Å². The Bertz CT molecular complexity index is 1410. The molecule has 1 fully saturated rings. The minimum Gasteiger partial charge on any atom is -0.490 e. The highest BCUT2D eigenvalue weighted by molar-refractivity contribution is 9.10. The van der Waals surface area contributed by atoms with Crippen LogP contribution in [-0.4, -0.2) is 23.4 Å². The standard InChI is InChI=1S/C29H25BrCl2N2O4/c1-3-5-20-12-19(13-25-28(35)34(29(36)33-25)16-18-6-9-22(30)10-7-18)14-26(37-4-2)27(20)38-17-21-8-11-23(31)15-24(21)32/h3,6-15H,1,4-5,16-17H2,2H3,(H,33,36)/b25-13+. The minimum atomic E-state index is -0.472. The molecule has 196 valence electrons. The monoisotopic (exact) mass is 614 g/mol. The van der Waals surface area contributed by atoms with E-state index in [4.69, 9.17) is 32.7 Å². The van der Waals surface area contributed by atoms with E-state index in [1.54, 1.807) is 30.4 Å². The molecule has 3 aromatic rings. The van der Waals surface area contributed by atoms with Crippen molar-refractivity contribution in [2.75, 3.05) is 6.61 Å². The van der Waals surface area contributed by atoms with E-state index in [9.17, 15) is 9.59 Å². The van der Waals surface area contributed by atoms with Gasteiger partial charge in [-0.3, -0.25) is 9.69 Å². The van der Waals surface area contributed by atoms with E-state index in [0.717, 1.165) is 21.2 Å². The van der Waals surface area contributed by atoms with Crippen molar-refractivity contribution in [2.24, 2.45) is 0 Å². The molecular weight excluding hydrogens is 591 g/mol. The van der Waals surface area contributed by atoms with Gasteiger partial charge in [0.2, 0.25) is 0 Å². The third kappa shape index (κ3) is 6.59. The van der Waals surface area contributed by atoms with Crippen molar-refractivity contribution in [3.8, 4) is 11.5 Å². The van der Waals surface area contributed by atoms with Crippen LogP contribution in [0.15, 0.2) is 77.4 Å². The quantitative estimate of drug-likeness (QED) is 0.145. The zero-order valence-electron chi connectivity index (χ0n) is 20.6.